The summed E-state index contributed by atoms with van der Waals surface area (Å²) in [7, 11) is 0. The lowest BCUT2D eigenvalue weighted by molar-refractivity contribution is -0.114. The molecule has 0 fully saturated rings. The minimum atomic E-state index is -0.653. The number of aliphatic hydroxyl groups is 1. The lowest BCUT2D eigenvalue weighted by Gasteiger charge is -2.14. The first-order valence-corrected chi connectivity index (χ1v) is 9.49. The molecule has 1 heterocycles. The number of halogens is 2. The van der Waals surface area contributed by atoms with E-state index in [4.69, 9.17) is 11.6 Å². The summed E-state index contributed by atoms with van der Waals surface area (Å²) in [6, 6.07) is 11.1. The molecule has 0 aliphatic heterocycles. The van der Waals surface area contributed by atoms with Gasteiger partial charge in [-0.05, 0) is 36.8 Å². The average molecular weight is 523 g/mol. The topological polar surface area (TPSA) is 85.8 Å². The molecule has 0 aliphatic carbocycles. The van der Waals surface area contributed by atoms with E-state index in [1.165, 1.54) is 18.3 Å². The Bertz CT molecular complexity index is 769. The Kier molecular flexibility index (Phi) is 10.7. The number of anilines is 1. The minimum absolute atomic E-state index is 0. The molecule has 2 aromatic rings. The van der Waals surface area contributed by atoms with Gasteiger partial charge in [-0.2, -0.15) is 0 Å². The predicted octanol–water partition coefficient (Wildman–Crippen LogP) is 3.77. The van der Waals surface area contributed by atoms with E-state index in [0.717, 1.165) is 16.1 Å². The largest absolute Gasteiger partial charge is 0.386 e. The molecular weight excluding hydrogens is 499 g/mol. The number of benzene rings is 1. The maximum Gasteiger partial charge on any atom is 0.221 e. The van der Waals surface area contributed by atoms with E-state index in [2.05, 4.69) is 20.9 Å². The van der Waals surface area contributed by atoms with Crippen molar-refractivity contribution in [2.75, 3.05) is 18.4 Å². The highest BCUT2D eigenvalue weighted by Crippen LogP contribution is 2.26. The lowest BCUT2D eigenvalue weighted by Crippen LogP contribution is -2.39. The molecule has 0 saturated carbocycles. The van der Waals surface area contributed by atoms with Crippen molar-refractivity contribution in [3.63, 3.8) is 0 Å². The van der Waals surface area contributed by atoms with Gasteiger partial charge in [-0.1, -0.05) is 23.7 Å². The van der Waals surface area contributed by atoms with Crippen molar-refractivity contribution >= 4 is 64.5 Å². The quantitative estimate of drug-likeness (QED) is 0.253. The van der Waals surface area contributed by atoms with Crippen LogP contribution in [0.5, 0.6) is 0 Å². The zero-order valence-corrected chi connectivity index (χ0v) is 19.1. The Hall–Kier alpha value is -1.36. The van der Waals surface area contributed by atoms with Crippen LogP contribution in [0.3, 0.4) is 0 Å². The Morgan fingerprint density at radius 2 is 2.07 bits per heavy atom. The van der Waals surface area contributed by atoms with Crippen molar-refractivity contribution in [2.24, 2.45) is 4.99 Å². The van der Waals surface area contributed by atoms with Crippen molar-refractivity contribution < 1.29 is 9.90 Å². The van der Waals surface area contributed by atoms with Crippen LogP contribution in [0.25, 0.3) is 0 Å². The number of aliphatic hydroxyl groups excluding tert-OH is 1. The first kappa shape index (κ1) is 23.7. The third-order valence-corrected chi connectivity index (χ3v) is 4.73. The number of thiophene rings is 1. The summed E-state index contributed by atoms with van der Waals surface area (Å²) in [6.45, 7) is 4.94. The smallest absolute Gasteiger partial charge is 0.221 e. The molecule has 0 spiro atoms. The Morgan fingerprint density at radius 3 is 2.70 bits per heavy atom. The molecule has 0 saturated heterocycles. The van der Waals surface area contributed by atoms with Gasteiger partial charge < -0.3 is 21.1 Å². The highest BCUT2D eigenvalue weighted by atomic mass is 127. The first-order valence-electron chi connectivity index (χ1n) is 8.30. The maximum absolute atomic E-state index is 11.2. The van der Waals surface area contributed by atoms with E-state index in [-0.39, 0.29) is 29.9 Å². The van der Waals surface area contributed by atoms with Crippen LogP contribution in [0, 0.1) is 0 Å². The molecule has 0 radical (unpaired) electrons. The van der Waals surface area contributed by atoms with Crippen LogP contribution in [0.4, 0.5) is 5.69 Å². The highest BCUT2D eigenvalue weighted by molar-refractivity contribution is 14.0. The minimum Gasteiger partial charge on any atom is -0.386 e. The van der Waals surface area contributed by atoms with Gasteiger partial charge in [-0.25, -0.2) is 4.99 Å². The van der Waals surface area contributed by atoms with Gasteiger partial charge in [0.2, 0.25) is 5.91 Å². The summed E-state index contributed by atoms with van der Waals surface area (Å²) >= 11 is 7.26. The normalized spacial score (nSPS) is 12.1. The molecule has 27 heavy (non-hydrogen) atoms. The Balaban J connectivity index is 0.00000364. The van der Waals surface area contributed by atoms with Gasteiger partial charge in [0.25, 0.3) is 0 Å². The van der Waals surface area contributed by atoms with Gasteiger partial charge in [0.1, 0.15) is 6.10 Å². The number of amides is 1. The number of rotatable bonds is 7. The second-order valence-corrected chi connectivity index (χ2v) is 7.36. The van der Waals surface area contributed by atoms with Crippen LogP contribution >= 0.6 is 46.9 Å². The van der Waals surface area contributed by atoms with Crippen LogP contribution in [0.2, 0.25) is 4.34 Å². The van der Waals surface area contributed by atoms with Crippen molar-refractivity contribution in [3.8, 4) is 0 Å². The molecule has 148 valence electrons. The lowest BCUT2D eigenvalue weighted by atomic mass is 10.2. The fourth-order valence-corrected chi connectivity index (χ4v) is 3.31. The van der Waals surface area contributed by atoms with Crippen LogP contribution in [-0.4, -0.2) is 30.1 Å². The predicted molar refractivity (Wildman–Crippen MR) is 123 cm³/mol. The summed E-state index contributed by atoms with van der Waals surface area (Å²) in [4.78, 5) is 16.5. The first-order chi connectivity index (χ1) is 12.5. The number of hydrogen-bond donors (Lipinski definition) is 4. The standard InChI is InChI=1S/C18H23ClN4O2S.HI/c1-3-20-18(22-11-15(25)16-7-8-17(19)26-16)21-10-13-5-4-6-14(9-13)23-12(2)24;/h4-9,15,25H,3,10-11H2,1-2H3,(H,23,24)(H2,20,21,22);1H. The molecule has 1 amide bonds. The average Bonchev–Trinajstić information content (AvgIpc) is 3.03. The monoisotopic (exact) mass is 522 g/mol. The van der Waals surface area contributed by atoms with E-state index in [0.29, 0.717) is 29.9 Å². The number of carbonyl (C=O) groups is 1. The molecule has 0 aliphatic rings. The third-order valence-electron chi connectivity index (χ3n) is 3.40. The molecule has 1 unspecified atom stereocenters. The summed E-state index contributed by atoms with van der Waals surface area (Å²) in [6.07, 6.45) is -0.653. The highest BCUT2D eigenvalue weighted by Gasteiger charge is 2.11. The second-order valence-electron chi connectivity index (χ2n) is 5.62. The molecule has 1 atom stereocenters. The molecule has 1 aromatic heterocycles. The molecule has 0 bridgehead atoms. The fourth-order valence-electron chi connectivity index (χ4n) is 2.26. The molecular formula is C18H24ClIN4O2S. The zero-order valence-electron chi connectivity index (χ0n) is 15.2. The van der Waals surface area contributed by atoms with Gasteiger partial charge in [0.05, 0.1) is 10.9 Å². The summed E-state index contributed by atoms with van der Waals surface area (Å²) in [5.74, 6) is 0.502. The Labute approximate surface area is 185 Å². The number of guanidine groups is 1. The number of nitrogens with zero attached hydrogens (tertiary/aromatic N) is 1. The van der Waals surface area contributed by atoms with Crippen LogP contribution < -0.4 is 16.0 Å². The van der Waals surface area contributed by atoms with Crippen molar-refractivity contribution in [1.82, 2.24) is 10.6 Å². The number of carbonyl (C=O) groups excluding carboxylic acids is 1. The second kappa shape index (κ2) is 12.2. The Morgan fingerprint density at radius 1 is 1.30 bits per heavy atom. The van der Waals surface area contributed by atoms with Crippen LogP contribution in [0.1, 0.15) is 30.4 Å². The van der Waals surface area contributed by atoms with E-state index < -0.39 is 6.10 Å². The van der Waals surface area contributed by atoms with Gasteiger partial charge >= 0.3 is 0 Å². The maximum atomic E-state index is 11.2. The number of nitrogens with one attached hydrogen (secondary N) is 3. The molecule has 1 aromatic carbocycles. The molecule has 6 nitrogen and oxygen atoms in total. The van der Waals surface area contributed by atoms with Gasteiger partial charge in [-0.3, -0.25) is 4.79 Å². The molecule has 2 rings (SSSR count). The summed E-state index contributed by atoms with van der Waals surface area (Å²) in [5, 5.41) is 19.3. The fraction of sp³-hybridized carbons (Fsp3) is 0.333. The SMILES string of the molecule is CCNC(=NCc1cccc(NC(C)=O)c1)NCC(O)c1ccc(Cl)s1.I. The zero-order chi connectivity index (χ0) is 18.9. The third kappa shape index (κ3) is 8.46. The van der Waals surface area contributed by atoms with Crippen molar-refractivity contribution in [2.45, 2.75) is 26.5 Å². The van der Waals surface area contributed by atoms with E-state index >= 15 is 0 Å². The van der Waals surface area contributed by atoms with Gasteiger partial charge in [-0.15, -0.1) is 35.3 Å². The summed E-state index contributed by atoms with van der Waals surface area (Å²) in [5.41, 5.74) is 1.71. The number of hydrogen-bond acceptors (Lipinski definition) is 4. The van der Waals surface area contributed by atoms with Crippen molar-refractivity contribution in [1.29, 1.82) is 0 Å². The van der Waals surface area contributed by atoms with Gasteiger partial charge in [0.15, 0.2) is 5.96 Å². The van der Waals surface area contributed by atoms with E-state index in [9.17, 15) is 9.90 Å². The van der Waals surface area contributed by atoms with Gasteiger partial charge in [0, 0.05) is 30.6 Å². The molecule has 4 N–H and O–H groups in total. The number of aliphatic imine (C=N–C) groups is 1. The van der Waals surface area contributed by atoms with E-state index in [1.807, 2.05) is 37.3 Å². The van der Waals surface area contributed by atoms with Crippen LogP contribution in [-0.2, 0) is 11.3 Å². The van der Waals surface area contributed by atoms with Crippen LogP contribution in [0.15, 0.2) is 41.4 Å². The molecule has 9 heteroatoms. The summed E-state index contributed by atoms with van der Waals surface area (Å²) < 4.78 is 0.652. The van der Waals surface area contributed by atoms with Crippen molar-refractivity contribution in [3.05, 3.63) is 51.2 Å². The van der Waals surface area contributed by atoms with E-state index in [1.54, 1.807) is 6.07 Å².